The highest BCUT2D eigenvalue weighted by molar-refractivity contribution is 7.13. The number of hydrazone groups is 1. The van der Waals surface area contributed by atoms with Crippen molar-refractivity contribution in [2.45, 2.75) is 19.3 Å². The number of amides is 3. The molecular weight excluding hydrogens is 743 g/mol. The lowest BCUT2D eigenvalue weighted by molar-refractivity contribution is -0.137. The fraction of sp³-hybridized carbons (Fsp3) is 0.211. The second kappa shape index (κ2) is 17.6. The van der Waals surface area contributed by atoms with Gasteiger partial charge in [0.2, 0.25) is 0 Å². The van der Waals surface area contributed by atoms with E-state index in [1.54, 1.807) is 30.3 Å². The van der Waals surface area contributed by atoms with Gasteiger partial charge in [0.1, 0.15) is 23.1 Å². The Bertz CT molecular complexity index is 2110. The van der Waals surface area contributed by atoms with Gasteiger partial charge in [-0.25, -0.2) is 15.2 Å². The van der Waals surface area contributed by atoms with Crippen molar-refractivity contribution >= 4 is 52.5 Å². The van der Waals surface area contributed by atoms with Crippen molar-refractivity contribution in [3.63, 3.8) is 0 Å². The van der Waals surface area contributed by atoms with Crippen LogP contribution in [0, 0.1) is 0 Å². The minimum atomic E-state index is -4.51. The maximum Gasteiger partial charge on any atom is 0.416 e. The number of anilines is 2. The number of alkyl halides is 3. The lowest BCUT2D eigenvalue weighted by Crippen LogP contribution is -2.48. The highest BCUT2D eigenvalue weighted by Crippen LogP contribution is 2.31. The Morgan fingerprint density at radius 1 is 0.926 bits per heavy atom. The molecule has 5 aromatic rings. The molecule has 11 nitrogen and oxygen atoms in total. The van der Waals surface area contributed by atoms with E-state index in [4.69, 9.17) is 21.3 Å². The third-order valence-corrected chi connectivity index (χ3v) is 9.47. The van der Waals surface area contributed by atoms with Gasteiger partial charge in [-0.3, -0.25) is 14.6 Å². The number of benzene rings is 4. The Hall–Kier alpha value is -5.48. The van der Waals surface area contributed by atoms with Gasteiger partial charge < -0.3 is 20.5 Å². The summed E-state index contributed by atoms with van der Waals surface area (Å²) in [7, 11) is 0. The summed E-state index contributed by atoms with van der Waals surface area (Å²) in [4.78, 5) is 34.1. The molecule has 1 aromatic heterocycles. The number of hydrogen-bond donors (Lipinski definition) is 4. The molecule has 0 saturated carbocycles. The second-order valence-electron chi connectivity index (χ2n) is 12.4. The number of piperazine rings is 1. The standard InChI is InChI=1S/C38H35ClF3N7O4S/c39-29-5-1-3-25(17-29)23-53-33-11-12-34(50)27(18-33)20-43-47-35(51)22-49-15-13-48(14-16-49)21-32-24-54-36(44-32)26-7-9-30(10-8-26)45-37(52)46-31-6-2-4-28(19-31)38(40,41)42/h1-12,17-20,24,50H,13-16,21-23H2,(H,47,51)(H2,45,46,52)/b43-20+. The molecule has 54 heavy (non-hydrogen) atoms. The summed E-state index contributed by atoms with van der Waals surface area (Å²) in [6.45, 7) is 4.02. The van der Waals surface area contributed by atoms with Crippen LogP contribution in [-0.2, 0) is 24.1 Å². The van der Waals surface area contributed by atoms with Crippen LogP contribution < -0.4 is 20.8 Å². The van der Waals surface area contributed by atoms with E-state index in [0.717, 1.165) is 47.1 Å². The van der Waals surface area contributed by atoms with Gasteiger partial charge in [0, 0.05) is 65.6 Å². The number of aromatic nitrogens is 1. The lowest BCUT2D eigenvalue weighted by atomic mass is 10.2. The van der Waals surface area contributed by atoms with Crippen LogP contribution in [0.5, 0.6) is 11.5 Å². The number of rotatable bonds is 12. The number of urea groups is 1. The number of thiazole rings is 1. The predicted octanol–water partition coefficient (Wildman–Crippen LogP) is 7.68. The van der Waals surface area contributed by atoms with Gasteiger partial charge in [0.25, 0.3) is 5.91 Å². The summed E-state index contributed by atoms with van der Waals surface area (Å²) in [5, 5.41) is 22.7. The van der Waals surface area contributed by atoms with E-state index in [9.17, 15) is 27.9 Å². The predicted molar refractivity (Wildman–Crippen MR) is 203 cm³/mol. The van der Waals surface area contributed by atoms with Crippen LogP contribution in [0.3, 0.4) is 0 Å². The first-order valence-corrected chi connectivity index (χ1v) is 18.0. The number of aromatic hydroxyl groups is 1. The molecule has 1 aliphatic heterocycles. The first kappa shape index (κ1) is 38.3. The number of nitrogens with zero attached hydrogens (tertiary/aromatic N) is 4. The van der Waals surface area contributed by atoms with Crippen LogP contribution in [0.1, 0.15) is 22.4 Å². The van der Waals surface area contributed by atoms with Gasteiger partial charge in [-0.05, 0) is 78.4 Å². The van der Waals surface area contributed by atoms with Gasteiger partial charge in [-0.2, -0.15) is 18.3 Å². The Kier molecular flexibility index (Phi) is 12.4. The van der Waals surface area contributed by atoms with Crippen LogP contribution in [0.15, 0.2) is 101 Å². The van der Waals surface area contributed by atoms with Crippen molar-refractivity contribution in [1.82, 2.24) is 20.2 Å². The highest BCUT2D eigenvalue weighted by Gasteiger charge is 2.30. The van der Waals surface area contributed by atoms with Crippen LogP contribution in [0.2, 0.25) is 5.02 Å². The van der Waals surface area contributed by atoms with Gasteiger partial charge in [0.05, 0.1) is 24.0 Å². The monoisotopic (exact) mass is 777 g/mol. The lowest BCUT2D eigenvalue weighted by Gasteiger charge is -2.33. The van der Waals surface area contributed by atoms with Crippen LogP contribution in [-0.4, -0.2) is 70.8 Å². The fourth-order valence-corrected chi connectivity index (χ4v) is 6.57. The van der Waals surface area contributed by atoms with Crippen LogP contribution in [0.4, 0.5) is 29.3 Å². The number of hydrogen-bond acceptors (Lipinski definition) is 9. The maximum atomic E-state index is 13.0. The quantitative estimate of drug-likeness (QED) is 0.0756. The van der Waals surface area contributed by atoms with Crippen molar-refractivity contribution in [3.8, 4) is 22.1 Å². The van der Waals surface area contributed by atoms with Crippen molar-refractivity contribution in [1.29, 1.82) is 0 Å². The Balaban J connectivity index is 0.910. The molecule has 2 heterocycles. The van der Waals surface area contributed by atoms with Gasteiger partial charge >= 0.3 is 12.2 Å². The first-order chi connectivity index (χ1) is 26.0. The molecular formula is C38H35ClF3N7O4S. The Labute approximate surface area is 318 Å². The minimum Gasteiger partial charge on any atom is -0.507 e. The molecule has 1 fully saturated rings. The second-order valence-corrected chi connectivity index (χ2v) is 13.7. The molecule has 0 bridgehead atoms. The smallest absolute Gasteiger partial charge is 0.416 e. The molecule has 6 rings (SSSR count). The van der Waals surface area contributed by atoms with E-state index in [0.29, 0.717) is 48.3 Å². The maximum absolute atomic E-state index is 13.0. The van der Waals surface area contributed by atoms with Crippen molar-refractivity contribution < 1.29 is 32.6 Å². The summed E-state index contributed by atoms with van der Waals surface area (Å²) >= 11 is 7.54. The summed E-state index contributed by atoms with van der Waals surface area (Å²) < 4.78 is 44.7. The van der Waals surface area contributed by atoms with E-state index in [1.165, 1.54) is 35.8 Å². The average molecular weight is 778 g/mol. The van der Waals surface area contributed by atoms with Crippen LogP contribution >= 0.6 is 22.9 Å². The number of phenolic OH excluding ortho intramolecular Hbond substituents is 1. The van der Waals surface area contributed by atoms with Crippen molar-refractivity contribution in [2.24, 2.45) is 5.10 Å². The SMILES string of the molecule is O=C(CN1CCN(Cc2csc(-c3ccc(NC(=O)Nc4cccc(C(F)(F)F)c4)cc3)n2)CC1)N/N=C/c1cc(OCc2cccc(Cl)c2)ccc1O. The molecule has 280 valence electrons. The molecule has 0 atom stereocenters. The van der Waals surface area contributed by atoms with Gasteiger partial charge in [0.15, 0.2) is 0 Å². The fourth-order valence-electron chi connectivity index (χ4n) is 5.54. The molecule has 0 spiro atoms. The third-order valence-electron chi connectivity index (χ3n) is 8.29. The highest BCUT2D eigenvalue weighted by atomic mass is 35.5. The largest absolute Gasteiger partial charge is 0.507 e. The number of phenols is 1. The number of carbonyl (C=O) groups is 2. The molecule has 0 aliphatic carbocycles. The number of nitrogens with one attached hydrogen (secondary N) is 3. The van der Waals surface area contributed by atoms with Crippen molar-refractivity contribution in [3.05, 3.63) is 124 Å². The molecule has 1 saturated heterocycles. The van der Waals surface area contributed by atoms with E-state index >= 15 is 0 Å². The molecule has 16 heteroatoms. The van der Waals surface area contributed by atoms with E-state index in [-0.39, 0.29) is 23.9 Å². The number of ether oxygens (including phenoxy) is 1. The zero-order valence-electron chi connectivity index (χ0n) is 28.6. The molecule has 1 aliphatic rings. The van der Waals surface area contributed by atoms with E-state index in [2.05, 4.69) is 26.1 Å². The zero-order valence-corrected chi connectivity index (χ0v) is 30.2. The molecule has 3 amide bonds. The van der Waals surface area contributed by atoms with Crippen LogP contribution in [0.25, 0.3) is 10.6 Å². The number of halogens is 4. The topological polar surface area (TPSA) is 131 Å². The zero-order chi connectivity index (χ0) is 38.1. The summed E-state index contributed by atoms with van der Waals surface area (Å²) in [6.07, 6.45) is -3.14. The molecule has 4 N–H and O–H groups in total. The third kappa shape index (κ3) is 11.0. The van der Waals surface area contributed by atoms with Gasteiger partial charge in [-0.15, -0.1) is 11.3 Å². The summed E-state index contributed by atoms with van der Waals surface area (Å²) in [5.41, 5.74) is 5.26. The summed E-state index contributed by atoms with van der Waals surface area (Å²) in [5.74, 6) is 0.260. The Morgan fingerprint density at radius 2 is 1.67 bits per heavy atom. The first-order valence-electron chi connectivity index (χ1n) is 16.7. The van der Waals surface area contributed by atoms with E-state index in [1.807, 2.05) is 40.6 Å². The van der Waals surface area contributed by atoms with Crippen molar-refractivity contribution in [2.75, 3.05) is 43.4 Å². The molecule has 4 aromatic carbocycles. The summed E-state index contributed by atoms with van der Waals surface area (Å²) in [6, 6.07) is 22.9. The van der Waals surface area contributed by atoms with Gasteiger partial charge in [-0.1, -0.05) is 29.8 Å². The average Bonchev–Trinajstić information content (AvgIpc) is 3.61. The Morgan fingerprint density at radius 3 is 2.43 bits per heavy atom. The number of carbonyl (C=O) groups excluding carboxylic acids is 2. The minimum absolute atomic E-state index is 0.000346. The molecule has 0 radical (unpaired) electrons. The van der Waals surface area contributed by atoms with E-state index < -0.39 is 17.8 Å². The normalized spacial score (nSPS) is 13.9. The molecule has 0 unspecified atom stereocenters.